The molecule has 5 rings (SSSR count). The molecule has 0 spiro atoms. The van der Waals surface area contributed by atoms with E-state index in [1.165, 1.54) is 54.0 Å². The van der Waals surface area contributed by atoms with Crippen LogP contribution in [0.5, 0.6) is 0 Å². The number of nitrogens with zero attached hydrogens (tertiary/aromatic N) is 1. The molecule has 3 aromatic carbocycles. The molecule has 0 saturated carbocycles. The van der Waals surface area contributed by atoms with Gasteiger partial charge < -0.3 is 4.57 Å². The summed E-state index contributed by atoms with van der Waals surface area (Å²) in [4.78, 5) is 0. The van der Waals surface area contributed by atoms with Crippen molar-refractivity contribution in [1.29, 1.82) is 0 Å². The molecule has 0 amide bonds. The van der Waals surface area contributed by atoms with Gasteiger partial charge in [0.2, 0.25) is 0 Å². The van der Waals surface area contributed by atoms with Crippen molar-refractivity contribution < 1.29 is 0 Å². The Balaban J connectivity index is 2.00. The molecule has 0 unspecified atom stereocenters. The van der Waals surface area contributed by atoms with Crippen molar-refractivity contribution in [3.05, 3.63) is 60.2 Å². The Morgan fingerprint density at radius 2 is 1.75 bits per heavy atom. The van der Waals surface area contributed by atoms with Crippen LogP contribution in [0.25, 0.3) is 42.0 Å². The van der Waals surface area contributed by atoms with Gasteiger partial charge in [-0.15, -0.1) is 11.3 Å². The van der Waals surface area contributed by atoms with Crippen LogP contribution in [0, 0.1) is 0 Å². The minimum absolute atomic E-state index is 1.15. The van der Waals surface area contributed by atoms with Gasteiger partial charge in [0.25, 0.3) is 0 Å². The average Bonchev–Trinajstić information content (AvgIpc) is 3.11. The summed E-state index contributed by atoms with van der Waals surface area (Å²) in [7, 11) is 2.20. The van der Waals surface area contributed by atoms with Crippen molar-refractivity contribution in [1.82, 2.24) is 4.57 Å². The third kappa shape index (κ3) is 1.81. The molecule has 24 heavy (non-hydrogen) atoms. The van der Waals surface area contributed by atoms with Crippen LogP contribution in [0.3, 0.4) is 0 Å². The molecule has 0 N–H and O–H groups in total. The number of benzene rings is 3. The van der Waals surface area contributed by atoms with Crippen molar-refractivity contribution in [2.24, 2.45) is 7.05 Å². The second kappa shape index (κ2) is 5.09. The van der Waals surface area contributed by atoms with E-state index in [2.05, 4.69) is 73.1 Å². The number of rotatable bonds is 2. The quantitative estimate of drug-likeness (QED) is 0.341. The molecule has 2 heteroatoms. The number of thiophene rings is 1. The van der Waals surface area contributed by atoms with Gasteiger partial charge in [0, 0.05) is 43.5 Å². The van der Waals surface area contributed by atoms with Crippen LogP contribution >= 0.6 is 11.3 Å². The third-order valence-corrected chi connectivity index (χ3v) is 6.24. The van der Waals surface area contributed by atoms with Gasteiger partial charge in [0.15, 0.2) is 0 Å². The summed E-state index contributed by atoms with van der Waals surface area (Å²) < 4.78 is 5.13. The number of aromatic nitrogens is 1. The van der Waals surface area contributed by atoms with E-state index in [-0.39, 0.29) is 0 Å². The predicted molar refractivity (Wildman–Crippen MR) is 107 cm³/mol. The largest absolute Gasteiger partial charge is 0.343 e. The van der Waals surface area contributed by atoms with E-state index in [1.54, 1.807) is 0 Å². The Kier molecular flexibility index (Phi) is 2.98. The zero-order valence-electron chi connectivity index (χ0n) is 14.0. The Morgan fingerprint density at radius 3 is 2.62 bits per heavy atom. The number of hydrogen-bond donors (Lipinski definition) is 0. The highest BCUT2D eigenvalue weighted by Gasteiger charge is 2.15. The van der Waals surface area contributed by atoms with Crippen LogP contribution in [0.15, 0.2) is 54.6 Å². The summed E-state index contributed by atoms with van der Waals surface area (Å²) in [5.74, 6) is 0. The lowest BCUT2D eigenvalue weighted by Crippen LogP contribution is -1.88. The molecule has 0 aliphatic rings. The first-order valence-corrected chi connectivity index (χ1v) is 9.41. The van der Waals surface area contributed by atoms with E-state index in [4.69, 9.17) is 0 Å². The Morgan fingerprint density at radius 1 is 0.875 bits per heavy atom. The molecule has 0 saturated heterocycles. The number of aryl methyl sites for hydroxylation is 2. The summed E-state index contributed by atoms with van der Waals surface area (Å²) in [5.41, 5.74) is 4.13. The van der Waals surface area contributed by atoms with Gasteiger partial charge in [-0.2, -0.15) is 0 Å². The highest BCUT2D eigenvalue weighted by Crippen LogP contribution is 2.41. The highest BCUT2D eigenvalue weighted by molar-refractivity contribution is 7.26. The average molecular weight is 329 g/mol. The Labute approximate surface area is 145 Å². The lowest BCUT2D eigenvalue weighted by atomic mass is 10.0. The van der Waals surface area contributed by atoms with Crippen molar-refractivity contribution in [3.8, 4) is 0 Å². The molecule has 0 fully saturated rings. The molecular formula is C22H19NS. The maximum absolute atomic E-state index is 2.39. The number of hydrogen-bond acceptors (Lipinski definition) is 1. The van der Waals surface area contributed by atoms with E-state index >= 15 is 0 Å². The molecule has 0 atom stereocenters. The topological polar surface area (TPSA) is 4.93 Å². The summed E-state index contributed by atoms with van der Waals surface area (Å²) in [6, 6.07) is 20.3. The predicted octanol–water partition coefficient (Wildman–Crippen LogP) is 6.65. The van der Waals surface area contributed by atoms with E-state index in [0.29, 0.717) is 0 Å². The summed E-state index contributed by atoms with van der Waals surface area (Å²) in [6.07, 6.45) is 2.34. The van der Waals surface area contributed by atoms with Crippen LogP contribution in [0.2, 0.25) is 0 Å². The molecule has 118 valence electrons. The van der Waals surface area contributed by atoms with E-state index in [1.807, 2.05) is 11.3 Å². The van der Waals surface area contributed by atoms with Crippen LogP contribution < -0.4 is 0 Å². The minimum Gasteiger partial charge on any atom is -0.343 e. The van der Waals surface area contributed by atoms with Gasteiger partial charge >= 0.3 is 0 Å². The standard InChI is InChI=1S/C22H19NS/c1-3-6-14-9-11-18-17(13-14)15-10-12-20-21(22(15)23(18)2)16-7-4-5-8-19(16)24-20/h4-5,7-13H,3,6H2,1-2H3. The molecule has 2 heterocycles. The van der Waals surface area contributed by atoms with Gasteiger partial charge in [-0.05, 0) is 36.2 Å². The van der Waals surface area contributed by atoms with Crippen molar-refractivity contribution in [3.63, 3.8) is 0 Å². The first-order chi connectivity index (χ1) is 11.8. The fourth-order valence-corrected chi connectivity index (χ4v) is 5.13. The third-order valence-electron chi connectivity index (χ3n) is 5.10. The van der Waals surface area contributed by atoms with Gasteiger partial charge in [-0.1, -0.05) is 43.7 Å². The monoisotopic (exact) mass is 329 g/mol. The van der Waals surface area contributed by atoms with E-state index < -0.39 is 0 Å². The van der Waals surface area contributed by atoms with Gasteiger partial charge in [0.05, 0.1) is 5.52 Å². The van der Waals surface area contributed by atoms with Crippen molar-refractivity contribution in [2.75, 3.05) is 0 Å². The second-order valence-corrected chi connectivity index (χ2v) is 7.68. The van der Waals surface area contributed by atoms with Crippen LogP contribution in [-0.2, 0) is 13.5 Å². The smallest absolute Gasteiger partial charge is 0.0583 e. The molecule has 2 aromatic heterocycles. The summed E-state index contributed by atoms with van der Waals surface area (Å²) in [6.45, 7) is 2.24. The molecule has 1 nitrogen and oxygen atoms in total. The first kappa shape index (κ1) is 14.1. The van der Waals surface area contributed by atoms with Crippen LogP contribution in [-0.4, -0.2) is 4.57 Å². The lowest BCUT2D eigenvalue weighted by Gasteiger charge is -2.01. The van der Waals surface area contributed by atoms with Gasteiger partial charge in [-0.3, -0.25) is 0 Å². The fourth-order valence-electron chi connectivity index (χ4n) is 4.02. The van der Waals surface area contributed by atoms with Crippen molar-refractivity contribution in [2.45, 2.75) is 19.8 Å². The van der Waals surface area contributed by atoms with Crippen LogP contribution in [0.4, 0.5) is 0 Å². The molecule has 0 radical (unpaired) electrons. The Hall–Kier alpha value is -2.32. The first-order valence-electron chi connectivity index (χ1n) is 8.59. The highest BCUT2D eigenvalue weighted by atomic mass is 32.1. The second-order valence-electron chi connectivity index (χ2n) is 6.59. The molecule has 0 aliphatic heterocycles. The number of fused-ring (bicyclic) bond motifs is 7. The summed E-state index contributed by atoms with van der Waals surface area (Å²) >= 11 is 1.89. The SMILES string of the molecule is CCCc1ccc2c(c1)c1ccc3sc4ccccc4c3c1n2C. The zero-order valence-corrected chi connectivity index (χ0v) is 14.8. The summed E-state index contributed by atoms with van der Waals surface area (Å²) in [5, 5.41) is 5.55. The van der Waals surface area contributed by atoms with E-state index in [9.17, 15) is 0 Å². The van der Waals surface area contributed by atoms with Gasteiger partial charge in [-0.25, -0.2) is 0 Å². The molecule has 0 aliphatic carbocycles. The van der Waals surface area contributed by atoms with Crippen molar-refractivity contribution >= 4 is 53.3 Å². The molecular weight excluding hydrogens is 310 g/mol. The van der Waals surface area contributed by atoms with Gasteiger partial charge in [0.1, 0.15) is 0 Å². The maximum Gasteiger partial charge on any atom is 0.0583 e. The minimum atomic E-state index is 1.15. The fraction of sp³-hybridized carbons (Fsp3) is 0.182. The molecule has 5 aromatic rings. The molecule has 0 bridgehead atoms. The maximum atomic E-state index is 2.39. The zero-order chi connectivity index (χ0) is 16.3. The van der Waals surface area contributed by atoms with E-state index in [0.717, 1.165) is 6.42 Å². The lowest BCUT2D eigenvalue weighted by molar-refractivity contribution is 0.923. The van der Waals surface area contributed by atoms with Crippen LogP contribution in [0.1, 0.15) is 18.9 Å². The Bertz CT molecular complexity index is 1220. The normalized spacial score (nSPS) is 12.1.